The number of hydrogen-bond acceptors (Lipinski definition) is 2. The van der Waals surface area contributed by atoms with Crippen LogP contribution in [0.1, 0.15) is 5.56 Å². The lowest BCUT2D eigenvalue weighted by molar-refractivity contribution is -0.136. The SMILES string of the molecule is O=C(O)Cc1ccc2occ(-c3ccc4ccccc4c3)c2c1. The van der Waals surface area contributed by atoms with Crippen LogP contribution in [0.25, 0.3) is 32.9 Å². The first-order valence-electron chi connectivity index (χ1n) is 7.42. The molecule has 0 aliphatic heterocycles. The topological polar surface area (TPSA) is 50.4 Å². The number of carboxylic acid groups (broad SMARTS) is 1. The Morgan fingerprint density at radius 1 is 0.957 bits per heavy atom. The van der Waals surface area contributed by atoms with Gasteiger partial charge in [0, 0.05) is 10.9 Å². The van der Waals surface area contributed by atoms with E-state index in [1.807, 2.05) is 24.3 Å². The van der Waals surface area contributed by atoms with Crippen molar-refractivity contribution in [2.75, 3.05) is 0 Å². The third-order valence-corrected chi connectivity index (χ3v) is 4.05. The molecule has 4 rings (SSSR count). The molecule has 4 aromatic rings. The number of rotatable bonds is 3. The highest BCUT2D eigenvalue weighted by Crippen LogP contribution is 2.33. The number of aliphatic carboxylic acids is 1. The standard InChI is InChI=1S/C20H14O3/c21-20(22)10-13-5-8-19-17(9-13)18(12-23-19)16-7-6-14-3-1-2-4-15(14)11-16/h1-9,11-12H,10H2,(H,21,22). The van der Waals surface area contributed by atoms with E-state index >= 15 is 0 Å². The van der Waals surface area contributed by atoms with E-state index < -0.39 is 5.97 Å². The number of carbonyl (C=O) groups is 1. The van der Waals surface area contributed by atoms with E-state index in [0.29, 0.717) is 0 Å². The summed E-state index contributed by atoms with van der Waals surface area (Å²) in [5.74, 6) is -0.833. The normalized spacial score (nSPS) is 11.1. The van der Waals surface area contributed by atoms with Crippen LogP contribution in [-0.2, 0) is 11.2 Å². The molecular formula is C20H14O3. The van der Waals surface area contributed by atoms with Crippen molar-refractivity contribution >= 4 is 27.7 Å². The molecule has 0 bridgehead atoms. The molecule has 0 amide bonds. The minimum Gasteiger partial charge on any atom is -0.481 e. The third kappa shape index (κ3) is 2.46. The zero-order valence-electron chi connectivity index (χ0n) is 12.3. The van der Waals surface area contributed by atoms with Crippen LogP contribution in [0.2, 0.25) is 0 Å². The molecule has 1 heterocycles. The highest BCUT2D eigenvalue weighted by atomic mass is 16.4. The number of carboxylic acids is 1. The van der Waals surface area contributed by atoms with Gasteiger partial charge in [-0.05, 0) is 40.1 Å². The van der Waals surface area contributed by atoms with Crippen molar-refractivity contribution in [1.82, 2.24) is 0 Å². The molecule has 112 valence electrons. The highest BCUT2D eigenvalue weighted by molar-refractivity contribution is 5.97. The number of hydrogen-bond donors (Lipinski definition) is 1. The fraction of sp³-hybridized carbons (Fsp3) is 0.0500. The van der Waals surface area contributed by atoms with Crippen molar-refractivity contribution < 1.29 is 14.3 Å². The summed E-state index contributed by atoms with van der Waals surface area (Å²) >= 11 is 0. The quantitative estimate of drug-likeness (QED) is 0.586. The van der Waals surface area contributed by atoms with Gasteiger partial charge in [0.2, 0.25) is 0 Å². The van der Waals surface area contributed by atoms with E-state index in [1.54, 1.807) is 12.3 Å². The lowest BCUT2D eigenvalue weighted by atomic mass is 9.99. The average molecular weight is 302 g/mol. The molecule has 0 unspecified atom stereocenters. The molecule has 1 N–H and O–H groups in total. The number of benzene rings is 3. The molecule has 23 heavy (non-hydrogen) atoms. The third-order valence-electron chi connectivity index (χ3n) is 4.05. The Labute approximate surface area is 132 Å². The smallest absolute Gasteiger partial charge is 0.307 e. The predicted octanol–water partition coefficient (Wildman–Crippen LogP) is 4.88. The van der Waals surface area contributed by atoms with E-state index in [9.17, 15) is 4.79 Å². The molecule has 0 saturated carbocycles. The lowest BCUT2D eigenvalue weighted by Gasteiger charge is -2.03. The molecule has 3 heteroatoms. The molecular weight excluding hydrogens is 288 g/mol. The first kappa shape index (κ1) is 13.6. The van der Waals surface area contributed by atoms with Crippen LogP contribution in [0, 0.1) is 0 Å². The van der Waals surface area contributed by atoms with E-state index in [2.05, 4.69) is 30.3 Å². The van der Waals surface area contributed by atoms with Gasteiger partial charge in [-0.2, -0.15) is 0 Å². The van der Waals surface area contributed by atoms with Crippen LogP contribution >= 0.6 is 0 Å². The first-order valence-corrected chi connectivity index (χ1v) is 7.42. The molecule has 0 spiro atoms. The molecule has 0 atom stereocenters. The monoisotopic (exact) mass is 302 g/mol. The second-order valence-corrected chi connectivity index (χ2v) is 5.61. The molecule has 0 aliphatic carbocycles. The Balaban J connectivity index is 1.87. The van der Waals surface area contributed by atoms with Gasteiger partial charge in [0.05, 0.1) is 12.7 Å². The van der Waals surface area contributed by atoms with Gasteiger partial charge in [-0.3, -0.25) is 4.79 Å². The molecule has 0 saturated heterocycles. The maximum absolute atomic E-state index is 10.9. The Bertz CT molecular complexity index is 1030. The van der Waals surface area contributed by atoms with Crippen LogP contribution in [0.15, 0.2) is 71.3 Å². The Morgan fingerprint density at radius 2 is 1.78 bits per heavy atom. The van der Waals surface area contributed by atoms with Gasteiger partial charge in [-0.15, -0.1) is 0 Å². The largest absolute Gasteiger partial charge is 0.481 e. The summed E-state index contributed by atoms with van der Waals surface area (Å²) < 4.78 is 5.63. The lowest BCUT2D eigenvalue weighted by Crippen LogP contribution is -1.99. The van der Waals surface area contributed by atoms with E-state index in [1.165, 1.54) is 10.8 Å². The second kappa shape index (κ2) is 5.29. The number of fused-ring (bicyclic) bond motifs is 2. The molecule has 3 aromatic carbocycles. The van der Waals surface area contributed by atoms with Crippen molar-refractivity contribution in [3.63, 3.8) is 0 Å². The van der Waals surface area contributed by atoms with Crippen molar-refractivity contribution in [3.05, 3.63) is 72.5 Å². The van der Waals surface area contributed by atoms with Crippen LogP contribution in [0.4, 0.5) is 0 Å². The highest BCUT2D eigenvalue weighted by Gasteiger charge is 2.10. The fourth-order valence-electron chi connectivity index (χ4n) is 2.94. The summed E-state index contributed by atoms with van der Waals surface area (Å²) in [6.07, 6.45) is 1.75. The molecule has 3 nitrogen and oxygen atoms in total. The summed E-state index contributed by atoms with van der Waals surface area (Å²) in [5.41, 5.74) is 3.59. The van der Waals surface area contributed by atoms with Gasteiger partial charge in [-0.1, -0.05) is 42.5 Å². The summed E-state index contributed by atoms with van der Waals surface area (Å²) in [6, 6.07) is 20.0. The molecule has 0 fully saturated rings. The second-order valence-electron chi connectivity index (χ2n) is 5.61. The van der Waals surface area contributed by atoms with Crippen LogP contribution in [0.3, 0.4) is 0 Å². The maximum Gasteiger partial charge on any atom is 0.307 e. The van der Waals surface area contributed by atoms with Crippen molar-refractivity contribution in [2.45, 2.75) is 6.42 Å². The minimum atomic E-state index is -0.833. The van der Waals surface area contributed by atoms with Gasteiger partial charge in [0.25, 0.3) is 0 Å². The van der Waals surface area contributed by atoms with E-state index in [0.717, 1.165) is 27.7 Å². The summed E-state index contributed by atoms with van der Waals surface area (Å²) in [5, 5.41) is 12.3. The fourth-order valence-corrected chi connectivity index (χ4v) is 2.94. The van der Waals surface area contributed by atoms with Crippen LogP contribution in [0.5, 0.6) is 0 Å². The zero-order chi connectivity index (χ0) is 15.8. The summed E-state index contributed by atoms with van der Waals surface area (Å²) in [7, 11) is 0. The zero-order valence-corrected chi connectivity index (χ0v) is 12.3. The minimum absolute atomic E-state index is 0.0122. The van der Waals surface area contributed by atoms with Gasteiger partial charge in [-0.25, -0.2) is 0 Å². The number of furan rings is 1. The Hall–Kier alpha value is -3.07. The van der Waals surface area contributed by atoms with Crippen molar-refractivity contribution in [3.8, 4) is 11.1 Å². The molecule has 1 aromatic heterocycles. The maximum atomic E-state index is 10.9. The summed E-state index contributed by atoms with van der Waals surface area (Å²) in [4.78, 5) is 10.9. The predicted molar refractivity (Wildman–Crippen MR) is 90.5 cm³/mol. The molecule has 0 aliphatic rings. The summed E-state index contributed by atoms with van der Waals surface area (Å²) in [6.45, 7) is 0. The van der Waals surface area contributed by atoms with Crippen molar-refractivity contribution in [1.29, 1.82) is 0 Å². The average Bonchev–Trinajstić information content (AvgIpc) is 2.97. The Kier molecular flexibility index (Phi) is 3.12. The first-order chi connectivity index (χ1) is 11.2. The Morgan fingerprint density at radius 3 is 2.61 bits per heavy atom. The van der Waals surface area contributed by atoms with Gasteiger partial charge >= 0.3 is 5.97 Å². The van der Waals surface area contributed by atoms with Gasteiger partial charge in [0.15, 0.2) is 0 Å². The van der Waals surface area contributed by atoms with Gasteiger partial charge < -0.3 is 9.52 Å². The van der Waals surface area contributed by atoms with Crippen LogP contribution < -0.4 is 0 Å². The van der Waals surface area contributed by atoms with Crippen molar-refractivity contribution in [2.24, 2.45) is 0 Å². The van der Waals surface area contributed by atoms with E-state index in [-0.39, 0.29) is 6.42 Å². The van der Waals surface area contributed by atoms with Gasteiger partial charge in [0.1, 0.15) is 5.58 Å². The van der Waals surface area contributed by atoms with Crippen LogP contribution in [-0.4, -0.2) is 11.1 Å². The van der Waals surface area contributed by atoms with E-state index in [4.69, 9.17) is 9.52 Å². The molecule has 0 radical (unpaired) electrons.